The highest BCUT2D eigenvalue weighted by atomic mass is 16.7. The lowest BCUT2D eigenvalue weighted by molar-refractivity contribution is -0.154. The summed E-state index contributed by atoms with van der Waals surface area (Å²) in [5.74, 6) is 0.701. The fourth-order valence-electron chi connectivity index (χ4n) is 2.14. The highest BCUT2D eigenvalue weighted by molar-refractivity contribution is 5.80. The molecule has 0 aromatic heterocycles. The predicted octanol–water partition coefficient (Wildman–Crippen LogP) is 0.441. The number of hydrogen-bond acceptors (Lipinski definition) is 3. The average molecular weight is 198 g/mol. The zero-order valence-corrected chi connectivity index (χ0v) is 8.96. The van der Waals surface area contributed by atoms with Gasteiger partial charge in [0.2, 0.25) is 5.91 Å². The molecule has 4 heteroatoms. The van der Waals surface area contributed by atoms with Gasteiger partial charge < -0.3 is 5.32 Å². The van der Waals surface area contributed by atoms with Crippen molar-refractivity contribution in [2.24, 2.45) is 11.8 Å². The second kappa shape index (κ2) is 3.21. The maximum Gasteiger partial charge on any atom is 0.248 e. The zero-order chi connectivity index (χ0) is 10.3. The third-order valence-corrected chi connectivity index (χ3v) is 2.90. The topological polar surface area (TPSA) is 50.4 Å². The molecule has 1 saturated carbocycles. The molecule has 3 fully saturated rings. The number of nitrogens with one attached hydrogen (secondary N) is 2. The van der Waals surface area contributed by atoms with Gasteiger partial charge in [-0.2, -0.15) is 0 Å². The van der Waals surface area contributed by atoms with Crippen LogP contribution in [0.15, 0.2) is 0 Å². The number of fused-ring (bicyclic) bond motifs is 1. The molecule has 3 unspecified atom stereocenters. The largest absolute Gasteiger partial charge is 0.313 e. The number of rotatable bonds is 2. The van der Waals surface area contributed by atoms with Crippen LogP contribution in [0.25, 0.3) is 0 Å². The Hall–Kier alpha value is -0.610. The van der Waals surface area contributed by atoms with Crippen LogP contribution in [0.2, 0.25) is 0 Å². The molecule has 0 spiro atoms. The quantitative estimate of drug-likeness (QED) is 0.633. The number of carbonyl (C=O) groups is 1. The maximum absolute atomic E-state index is 11.7. The van der Waals surface area contributed by atoms with Gasteiger partial charge in [-0.15, -0.1) is 0 Å². The van der Waals surface area contributed by atoms with Gasteiger partial charge in [-0.25, -0.2) is 5.48 Å². The SMILES string of the molecule is CC(C)(C)ONC(=O)C1C2CNC1C2. The van der Waals surface area contributed by atoms with Crippen molar-refractivity contribution < 1.29 is 9.63 Å². The minimum absolute atomic E-state index is 0.0335. The summed E-state index contributed by atoms with van der Waals surface area (Å²) in [6, 6.07) is 0.392. The van der Waals surface area contributed by atoms with Gasteiger partial charge in [-0.1, -0.05) is 0 Å². The summed E-state index contributed by atoms with van der Waals surface area (Å²) in [5.41, 5.74) is 2.23. The van der Waals surface area contributed by atoms with Crippen molar-refractivity contribution in [2.45, 2.75) is 38.8 Å². The van der Waals surface area contributed by atoms with Crippen LogP contribution < -0.4 is 10.8 Å². The Balaban J connectivity index is 1.80. The Morgan fingerprint density at radius 1 is 1.50 bits per heavy atom. The molecule has 0 aromatic rings. The van der Waals surface area contributed by atoms with Gasteiger partial charge in [0.15, 0.2) is 0 Å². The van der Waals surface area contributed by atoms with E-state index in [9.17, 15) is 4.79 Å². The molecule has 14 heavy (non-hydrogen) atoms. The van der Waals surface area contributed by atoms with E-state index in [0.29, 0.717) is 12.0 Å². The van der Waals surface area contributed by atoms with Gasteiger partial charge in [-0.05, 0) is 39.7 Å². The normalized spacial score (nSPS) is 35.2. The lowest BCUT2D eigenvalue weighted by atomic mass is 9.73. The van der Waals surface area contributed by atoms with Crippen LogP contribution >= 0.6 is 0 Å². The van der Waals surface area contributed by atoms with Crippen LogP contribution in [-0.2, 0) is 9.63 Å². The summed E-state index contributed by atoms with van der Waals surface area (Å²) in [6.07, 6.45) is 1.15. The molecule has 2 bridgehead atoms. The molecule has 3 atom stereocenters. The van der Waals surface area contributed by atoms with Gasteiger partial charge in [0.25, 0.3) is 0 Å². The van der Waals surface area contributed by atoms with E-state index in [4.69, 9.17) is 4.84 Å². The smallest absolute Gasteiger partial charge is 0.248 e. The first-order valence-electron chi connectivity index (χ1n) is 5.18. The Labute approximate surface area is 84.3 Å². The van der Waals surface area contributed by atoms with E-state index in [-0.39, 0.29) is 17.4 Å². The monoisotopic (exact) mass is 198 g/mol. The van der Waals surface area contributed by atoms with Crippen LogP contribution in [0.1, 0.15) is 27.2 Å². The molecule has 0 aromatic carbocycles. The van der Waals surface area contributed by atoms with Gasteiger partial charge in [-0.3, -0.25) is 9.63 Å². The second-order valence-corrected chi connectivity index (χ2v) is 5.22. The number of carbonyl (C=O) groups excluding carboxylic acids is 1. The summed E-state index contributed by atoms with van der Waals surface area (Å²) in [6.45, 7) is 6.74. The van der Waals surface area contributed by atoms with E-state index < -0.39 is 0 Å². The lowest BCUT2D eigenvalue weighted by Gasteiger charge is -2.33. The first-order valence-corrected chi connectivity index (χ1v) is 5.18. The zero-order valence-electron chi connectivity index (χ0n) is 8.96. The van der Waals surface area contributed by atoms with Crippen LogP contribution in [0.4, 0.5) is 0 Å². The Bertz CT molecular complexity index is 233. The minimum Gasteiger partial charge on any atom is -0.313 e. The van der Waals surface area contributed by atoms with Crippen molar-refractivity contribution in [3.8, 4) is 0 Å². The Kier molecular flexibility index (Phi) is 2.27. The molecule has 3 aliphatic rings. The van der Waals surface area contributed by atoms with Crippen molar-refractivity contribution in [1.29, 1.82) is 0 Å². The van der Waals surface area contributed by atoms with Crippen LogP contribution in [0, 0.1) is 11.8 Å². The Morgan fingerprint density at radius 3 is 2.64 bits per heavy atom. The van der Waals surface area contributed by atoms with Crippen molar-refractivity contribution in [2.75, 3.05) is 6.54 Å². The van der Waals surface area contributed by atoms with E-state index in [2.05, 4.69) is 10.8 Å². The molecule has 4 nitrogen and oxygen atoms in total. The van der Waals surface area contributed by atoms with E-state index in [1.54, 1.807) is 0 Å². The molecule has 2 heterocycles. The molecule has 2 saturated heterocycles. The third-order valence-electron chi connectivity index (χ3n) is 2.90. The standard InChI is InChI=1S/C10H18N2O2/c1-10(2,3)14-12-9(13)8-6-4-7(8)11-5-6/h6-8,11H,4-5H2,1-3H3,(H,12,13). The second-order valence-electron chi connectivity index (χ2n) is 5.22. The van der Waals surface area contributed by atoms with Gasteiger partial charge >= 0.3 is 0 Å². The number of amides is 1. The molecular weight excluding hydrogens is 180 g/mol. The van der Waals surface area contributed by atoms with Crippen LogP contribution in [0.3, 0.4) is 0 Å². The van der Waals surface area contributed by atoms with Crippen molar-refractivity contribution in [3.05, 3.63) is 0 Å². The molecule has 0 radical (unpaired) electrons. The molecular formula is C10H18N2O2. The Morgan fingerprint density at radius 2 is 2.21 bits per heavy atom. The molecule has 3 rings (SSSR count). The maximum atomic E-state index is 11.7. The van der Waals surface area contributed by atoms with E-state index in [1.165, 1.54) is 0 Å². The fraction of sp³-hybridized carbons (Fsp3) is 0.900. The summed E-state index contributed by atoms with van der Waals surface area (Å²) in [4.78, 5) is 16.9. The predicted molar refractivity (Wildman–Crippen MR) is 52.4 cm³/mol. The van der Waals surface area contributed by atoms with Crippen molar-refractivity contribution >= 4 is 5.91 Å². The first kappa shape index (κ1) is 9.93. The average Bonchev–Trinajstić information content (AvgIpc) is 2.58. The van der Waals surface area contributed by atoms with Gasteiger partial charge in [0.1, 0.15) is 0 Å². The molecule has 1 amide bonds. The number of hydrogen-bond donors (Lipinski definition) is 2. The summed E-state index contributed by atoms with van der Waals surface area (Å²) in [5, 5.41) is 3.31. The molecule has 2 aliphatic heterocycles. The van der Waals surface area contributed by atoms with Crippen molar-refractivity contribution in [3.63, 3.8) is 0 Å². The lowest BCUT2D eigenvalue weighted by Crippen LogP contribution is -2.49. The molecule has 2 N–H and O–H groups in total. The van der Waals surface area contributed by atoms with E-state index in [1.807, 2.05) is 20.8 Å². The van der Waals surface area contributed by atoms with Crippen LogP contribution in [-0.4, -0.2) is 24.1 Å². The van der Waals surface area contributed by atoms with Gasteiger partial charge in [0, 0.05) is 6.04 Å². The number of hydroxylamine groups is 1. The van der Waals surface area contributed by atoms with E-state index in [0.717, 1.165) is 13.0 Å². The molecule has 80 valence electrons. The minimum atomic E-state index is -0.314. The molecule has 1 aliphatic carbocycles. The summed E-state index contributed by atoms with van der Waals surface area (Å²) >= 11 is 0. The van der Waals surface area contributed by atoms with Crippen molar-refractivity contribution in [1.82, 2.24) is 10.8 Å². The van der Waals surface area contributed by atoms with Crippen LogP contribution in [0.5, 0.6) is 0 Å². The van der Waals surface area contributed by atoms with Gasteiger partial charge in [0.05, 0.1) is 11.5 Å². The third kappa shape index (κ3) is 1.77. The highest BCUT2D eigenvalue weighted by Crippen LogP contribution is 2.40. The summed E-state index contributed by atoms with van der Waals surface area (Å²) in [7, 11) is 0. The van der Waals surface area contributed by atoms with E-state index >= 15 is 0 Å². The first-order chi connectivity index (χ1) is 6.47. The highest BCUT2D eigenvalue weighted by Gasteiger charge is 2.50. The summed E-state index contributed by atoms with van der Waals surface area (Å²) < 4.78 is 0. The fourth-order valence-corrected chi connectivity index (χ4v) is 2.14.